The number of hydrogen-bond acceptors (Lipinski definition) is 5. The van der Waals surface area contributed by atoms with E-state index >= 15 is 0 Å². The predicted octanol–water partition coefficient (Wildman–Crippen LogP) is 3.65. The first-order valence-electron chi connectivity index (χ1n) is 9.57. The van der Waals surface area contributed by atoms with Crippen molar-refractivity contribution in [1.29, 1.82) is 0 Å². The SMILES string of the molecule is CCNC(=NCC(C)c1ccccc1)NCCc1noc(-c2ccccn2)n1.I. The lowest BCUT2D eigenvalue weighted by molar-refractivity contribution is 0.421. The third kappa shape index (κ3) is 7.12. The Morgan fingerprint density at radius 3 is 2.62 bits per heavy atom. The van der Waals surface area contributed by atoms with Crippen LogP contribution in [0.15, 0.2) is 64.2 Å². The minimum atomic E-state index is 0. The smallest absolute Gasteiger partial charge is 0.276 e. The van der Waals surface area contributed by atoms with Crippen molar-refractivity contribution in [3.63, 3.8) is 0 Å². The largest absolute Gasteiger partial charge is 0.357 e. The summed E-state index contributed by atoms with van der Waals surface area (Å²) in [4.78, 5) is 13.3. The van der Waals surface area contributed by atoms with Crippen molar-refractivity contribution in [1.82, 2.24) is 25.8 Å². The number of guanidine groups is 1. The molecule has 3 rings (SSSR count). The van der Waals surface area contributed by atoms with Crippen LogP contribution >= 0.6 is 24.0 Å². The topological polar surface area (TPSA) is 88.2 Å². The van der Waals surface area contributed by atoms with Crippen LogP contribution in [-0.4, -0.2) is 40.7 Å². The van der Waals surface area contributed by atoms with Gasteiger partial charge in [0, 0.05) is 38.2 Å². The van der Waals surface area contributed by atoms with E-state index in [9.17, 15) is 0 Å². The van der Waals surface area contributed by atoms with E-state index in [4.69, 9.17) is 9.52 Å². The fourth-order valence-corrected chi connectivity index (χ4v) is 2.70. The van der Waals surface area contributed by atoms with Crippen LogP contribution in [0, 0.1) is 0 Å². The Hall–Kier alpha value is -2.49. The summed E-state index contributed by atoms with van der Waals surface area (Å²) >= 11 is 0. The molecule has 29 heavy (non-hydrogen) atoms. The standard InChI is InChI=1S/C21H26N6O.HI/c1-3-22-21(25-15-16(2)17-9-5-4-6-10-17)24-14-12-19-26-20(28-27-19)18-11-7-8-13-23-18;/h4-11,13,16H,3,12,14-15H2,1-2H3,(H2,22,24,25);1H. The van der Waals surface area contributed by atoms with Crippen LogP contribution in [0.25, 0.3) is 11.6 Å². The minimum Gasteiger partial charge on any atom is -0.357 e. The summed E-state index contributed by atoms with van der Waals surface area (Å²) in [5.74, 6) is 2.23. The molecule has 7 nitrogen and oxygen atoms in total. The first-order chi connectivity index (χ1) is 13.8. The lowest BCUT2D eigenvalue weighted by Gasteiger charge is -2.13. The molecule has 0 aliphatic heterocycles. The van der Waals surface area contributed by atoms with Crippen molar-refractivity contribution in [2.45, 2.75) is 26.2 Å². The molecule has 1 atom stereocenters. The van der Waals surface area contributed by atoms with Gasteiger partial charge in [-0.05, 0) is 24.6 Å². The number of halogens is 1. The molecule has 2 heterocycles. The molecule has 0 amide bonds. The van der Waals surface area contributed by atoms with Gasteiger partial charge in [0.25, 0.3) is 5.89 Å². The average Bonchev–Trinajstić information content (AvgIpc) is 3.22. The van der Waals surface area contributed by atoms with Crippen LogP contribution in [0.2, 0.25) is 0 Å². The summed E-state index contributed by atoms with van der Waals surface area (Å²) in [6.45, 7) is 6.41. The summed E-state index contributed by atoms with van der Waals surface area (Å²) in [6, 6.07) is 16.0. The van der Waals surface area contributed by atoms with Crippen molar-refractivity contribution in [2.24, 2.45) is 4.99 Å². The number of nitrogens with zero attached hydrogens (tertiary/aromatic N) is 4. The highest BCUT2D eigenvalue weighted by molar-refractivity contribution is 14.0. The van der Waals surface area contributed by atoms with Gasteiger partial charge in [-0.2, -0.15) is 4.98 Å². The van der Waals surface area contributed by atoms with Gasteiger partial charge >= 0.3 is 0 Å². The molecule has 0 fully saturated rings. The Labute approximate surface area is 188 Å². The summed E-state index contributed by atoms with van der Waals surface area (Å²) in [5.41, 5.74) is 1.97. The molecule has 0 aliphatic carbocycles. The van der Waals surface area contributed by atoms with E-state index in [1.807, 2.05) is 24.3 Å². The highest BCUT2D eigenvalue weighted by Crippen LogP contribution is 2.15. The van der Waals surface area contributed by atoms with Gasteiger partial charge in [0.05, 0.1) is 0 Å². The summed E-state index contributed by atoms with van der Waals surface area (Å²) in [5, 5.41) is 10.6. The van der Waals surface area contributed by atoms with Crippen LogP contribution in [0.3, 0.4) is 0 Å². The van der Waals surface area contributed by atoms with Gasteiger partial charge in [0.15, 0.2) is 11.8 Å². The molecule has 0 saturated carbocycles. The number of hydrogen-bond donors (Lipinski definition) is 2. The number of rotatable bonds is 8. The maximum atomic E-state index is 5.29. The van der Waals surface area contributed by atoms with Crippen molar-refractivity contribution in [3.05, 3.63) is 66.1 Å². The Morgan fingerprint density at radius 1 is 1.10 bits per heavy atom. The fourth-order valence-electron chi connectivity index (χ4n) is 2.70. The molecule has 2 aromatic heterocycles. The van der Waals surface area contributed by atoms with Gasteiger partial charge in [-0.3, -0.25) is 9.98 Å². The maximum absolute atomic E-state index is 5.29. The van der Waals surface area contributed by atoms with E-state index in [-0.39, 0.29) is 24.0 Å². The molecule has 154 valence electrons. The third-order valence-electron chi connectivity index (χ3n) is 4.23. The molecule has 1 aromatic carbocycles. The number of benzene rings is 1. The summed E-state index contributed by atoms with van der Waals surface area (Å²) in [6.07, 6.45) is 2.34. The molecule has 0 spiro atoms. The second-order valence-corrected chi connectivity index (χ2v) is 6.44. The Kier molecular flexibility index (Phi) is 9.55. The second-order valence-electron chi connectivity index (χ2n) is 6.44. The van der Waals surface area contributed by atoms with E-state index in [1.54, 1.807) is 6.20 Å². The van der Waals surface area contributed by atoms with E-state index in [0.717, 1.165) is 12.5 Å². The predicted molar refractivity (Wildman–Crippen MR) is 125 cm³/mol. The molecule has 0 aliphatic rings. The lowest BCUT2D eigenvalue weighted by atomic mass is 10.0. The van der Waals surface area contributed by atoms with Gasteiger partial charge in [-0.15, -0.1) is 24.0 Å². The summed E-state index contributed by atoms with van der Waals surface area (Å²) in [7, 11) is 0. The highest BCUT2D eigenvalue weighted by Gasteiger charge is 2.10. The molecule has 1 unspecified atom stereocenters. The average molecular weight is 506 g/mol. The molecule has 0 bridgehead atoms. The van der Waals surface area contributed by atoms with Crippen LogP contribution in [-0.2, 0) is 6.42 Å². The van der Waals surface area contributed by atoms with Crippen molar-refractivity contribution in [3.8, 4) is 11.6 Å². The number of nitrogens with one attached hydrogen (secondary N) is 2. The van der Waals surface area contributed by atoms with E-state index < -0.39 is 0 Å². The highest BCUT2D eigenvalue weighted by atomic mass is 127. The Balaban J connectivity index is 0.00000300. The van der Waals surface area contributed by atoms with Gasteiger partial charge < -0.3 is 15.2 Å². The molecule has 0 radical (unpaired) electrons. The van der Waals surface area contributed by atoms with Crippen LogP contribution < -0.4 is 10.6 Å². The van der Waals surface area contributed by atoms with E-state index in [2.05, 4.69) is 63.9 Å². The zero-order chi connectivity index (χ0) is 19.6. The normalized spacial score (nSPS) is 12.1. The third-order valence-corrected chi connectivity index (χ3v) is 4.23. The maximum Gasteiger partial charge on any atom is 0.276 e. The quantitative estimate of drug-likeness (QED) is 0.276. The molecular formula is C21H27IN6O. The molecule has 8 heteroatoms. The number of aromatic nitrogens is 3. The first-order valence-corrected chi connectivity index (χ1v) is 9.57. The van der Waals surface area contributed by atoms with Crippen LogP contribution in [0.5, 0.6) is 0 Å². The minimum absolute atomic E-state index is 0. The molecule has 0 saturated heterocycles. The monoisotopic (exact) mass is 506 g/mol. The van der Waals surface area contributed by atoms with Crippen LogP contribution in [0.4, 0.5) is 0 Å². The first kappa shape index (κ1) is 22.8. The van der Waals surface area contributed by atoms with E-state index in [1.165, 1.54) is 5.56 Å². The number of pyridine rings is 1. The van der Waals surface area contributed by atoms with Gasteiger partial charge in [-0.1, -0.05) is 48.5 Å². The van der Waals surface area contributed by atoms with Gasteiger partial charge in [-0.25, -0.2) is 0 Å². The lowest BCUT2D eigenvalue weighted by Crippen LogP contribution is -2.38. The van der Waals surface area contributed by atoms with Crippen LogP contribution in [0.1, 0.15) is 31.2 Å². The Bertz CT molecular complexity index is 869. The van der Waals surface area contributed by atoms with Crippen molar-refractivity contribution >= 4 is 29.9 Å². The van der Waals surface area contributed by atoms with E-state index in [0.29, 0.717) is 42.8 Å². The molecule has 2 N–H and O–H groups in total. The summed E-state index contributed by atoms with van der Waals surface area (Å²) < 4.78 is 5.29. The Morgan fingerprint density at radius 2 is 1.90 bits per heavy atom. The van der Waals surface area contributed by atoms with Crippen molar-refractivity contribution in [2.75, 3.05) is 19.6 Å². The van der Waals surface area contributed by atoms with Gasteiger partial charge in [0.1, 0.15) is 5.69 Å². The fraction of sp³-hybridized carbons (Fsp3) is 0.333. The zero-order valence-electron chi connectivity index (χ0n) is 16.7. The molecule has 3 aromatic rings. The molecular weight excluding hydrogens is 479 g/mol. The zero-order valence-corrected chi connectivity index (χ0v) is 19.0. The second kappa shape index (κ2) is 12.2. The van der Waals surface area contributed by atoms with Gasteiger partial charge in [0.2, 0.25) is 0 Å². The van der Waals surface area contributed by atoms with Crippen molar-refractivity contribution < 1.29 is 4.52 Å². The number of aliphatic imine (C=N–C) groups is 1.